The van der Waals surface area contributed by atoms with E-state index in [1.807, 2.05) is 13.1 Å². The van der Waals surface area contributed by atoms with Gasteiger partial charge in [-0.2, -0.15) is 0 Å². The zero-order valence-corrected chi connectivity index (χ0v) is 19.0. The summed E-state index contributed by atoms with van der Waals surface area (Å²) in [4.78, 5) is 6.82. The first kappa shape index (κ1) is 21.7. The third-order valence-electron chi connectivity index (χ3n) is 5.23. The highest BCUT2D eigenvalue weighted by Crippen LogP contribution is 2.32. The summed E-state index contributed by atoms with van der Waals surface area (Å²) in [5, 5.41) is 7.54. The van der Waals surface area contributed by atoms with Crippen LogP contribution in [-0.2, 0) is 6.54 Å². The summed E-state index contributed by atoms with van der Waals surface area (Å²) in [5.74, 6) is 3.37. The number of nitrogens with zero attached hydrogens (tertiary/aromatic N) is 3. The second kappa shape index (κ2) is 10.1. The van der Waals surface area contributed by atoms with Crippen LogP contribution in [-0.4, -0.2) is 36.2 Å². The van der Waals surface area contributed by atoms with Gasteiger partial charge in [0.25, 0.3) is 0 Å². The Hall–Kier alpha value is -1.57. The lowest BCUT2D eigenvalue weighted by molar-refractivity contribution is 0.233. The van der Waals surface area contributed by atoms with Gasteiger partial charge in [-0.15, -0.1) is 24.0 Å². The van der Waals surface area contributed by atoms with Gasteiger partial charge in [0.2, 0.25) is 0 Å². The van der Waals surface area contributed by atoms with Crippen molar-refractivity contribution in [1.29, 1.82) is 0 Å². The molecule has 0 radical (unpaired) electrons. The molecular weight excluding hydrogens is 451 g/mol. The van der Waals surface area contributed by atoms with E-state index in [-0.39, 0.29) is 24.0 Å². The molecule has 2 heterocycles. The van der Waals surface area contributed by atoms with Gasteiger partial charge in [0.1, 0.15) is 0 Å². The number of halogens is 1. The summed E-state index contributed by atoms with van der Waals surface area (Å²) in [5.41, 5.74) is 2.44. The van der Waals surface area contributed by atoms with Crippen molar-refractivity contribution in [3.8, 4) is 0 Å². The fourth-order valence-electron chi connectivity index (χ4n) is 3.72. The lowest BCUT2D eigenvalue weighted by Crippen LogP contribution is -2.47. The minimum Gasteiger partial charge on any atom is -0.359 e. The minimum absolute atomic E-state index is 0. The first-order valence-corrected chi connectivity index (χ1v) is 9.54. The quantitative estimate of drug-likeness (QED) is 0.393. The Balaban J connectivity index is 0.00000261. The highest BCUT2D eigenvalue weighted by molar-refractivity contribution is 14.0. The number of aliphatic imine (C=N–C) groups is 1. The largest absolute Gasteiger partial charge is 0.359 e. The van der Waals surface area contributed by atoms with Crippen LogP contribution in [0, 0.1) is 5.92 Å². The van der Waals surface area contributed by atoms with E-state index in [1.54, 1.807) is 0 Å². The fourth-order valence-corrected chi connectivity index (χ4v) is 3.72. The van der Waals surface area contributed by atoms with Gasteiger partial charge in [0, 0.05) is 26.2 Å². The Morgan fingerprint density at radius 1 is 1.33 bits per heavy atom. The lowest BCUT2D eigenvalue weighted by atomic mass is 9.82. The van der Waals surface area contributed by atoms with Crippen LogP contribution < -0.4 is 5.32 Å². The first-order valence-electron chi connectivity index (χ1n) is 9.54. The molecule has 0 aliphatic carbocycles. The molecular formula is C21H31IN4O. The van der Waals surface area contributed by atoms with Crippen LogP contribution in [0.3, 0.4) is 0 Å². The van der Waals surface area contributed by atoms with Crippen molar-refractivity contribution in [2.75, 3.05) is 20.1 Å². The summed E-state index contributed by atoms with van der Waals surface area (Å²) in [6, 6.07) is 12.9. The molecule has 3 rings (SSSR count). The summed E-state index contributed by atoms with van der Waals surface area (Å²) >= 11 is 0. The maximum absolute atomic E-state index is 5.42. The fraction of sp³-hybridized carbons (Fsp3) is 0.524. The van der Waals surface area contributed by atoms with Gasteiger partial charge >= 0.3 is 0 Å². The number of guanidine groups is 1. The number of benzene rings is 1. The molecule has 1 fully saturated rings. The van der Waals surface area contributed by atoms with Crippen molar-refractivity contribution >= 4 is 29.9 Å². The molecule has 1 aromatic carbocycles. The predicted octanol–water partition coefficient (Wildman–Crippen LogP) is 4.62. The highest BCUT2D eigenvalue weighted by Gasteiger charge is 2.28. The van der Waals surface area contributed by atoms with Crippen molar-refractivity contribution in [3.05, 3.63) is 53.4 Å². The van der Waals surface area contributed by atoms with Crippen molar-refractivity contribution in [2.24, 2.45) is 10.9 Å². The number of rotatable bonds is 4. The summed E-state index contributed by atoms with van der Waals surface area (Å²) in [6.07, 6.45) is 1.14. The van der Waals surface area contributed by atoms with Crippen LogP contribution in [0.2, 0.25) is 0 Å². The minimum atomic E-state index is 0. The summed E-state index contributed by atoms with van der Waals surface area (Å²) in [6.45, 7) is 9.20. The van der Waals surface area contributed by atoms with E-state index in [0.29, 0.717) is 24.3 Å². The number of aromatic nitrogens is 1. The van der Waals surface area contributed by atoms with Gasteiger partial charge < -0.3 is 14.7 Å². The second-order valence-electron chi connectivity index (χ2n) is 7.50. The van der Waals surface area contributed by atoms with E-state index in [0.717, 1.165) is 36.9 Å². The summed E-state index contributed by atoms with van der Waals surface area (Å²) in [7, 11) is 1.84. The van der Waals surface area contributed by atoms with Crippen molar-refractivity contribution in [3.63, 3.8) is 0 Å². The molecule has 1 aliphatic heterocycles. The van der Waals surface area contributed by atoms with E-state index >= 15 is 0 Å². The standard InChI is InChI=1S/C21H30N4O.HI/c1-15(2)20-12-18(26-24-20)13-23-21(22-4)25-11-10-19(16(3)14-25)17-8-6-5-7-9-17;/h5-9,12,15-16,19H,10-11,13-14H2,1-4H3,(H,22,23);1H. The molecule has 1 aromatic heterocycles. The number of hydrogen-bond acceptors (Lipinski definition) is 3. The molecule has 0 spiro atoms. The number of hydrogen-bond donors (Lipinski definition) is 1. The Kier molecular flexibility index (Phi) is 8.13. The average Bonchev–Trinajstić information content (AvgIpc) is 3.12. The molecule has 0 amide bonds. The molecule has 2 atom stereocenters. The molecule has 148 valence electrons. The van der Waals surface area contributed by atoms with E-state index in [4.69, 9.17) is 4.52 Å². The molecule has 0 bridgehead atoms. The van der Waals surface area contributed by atoms with E-state index in [9.17, 15) is 0 Å². The number of nitrogens with one attached hydrogen (secondary N) is 1. The van der Waals surface area contributed by atoms with Gasteiger partial charge in [-0.25, -0.2) is 0 Å². The SMILES string of the molecule is CN=C(NCc1cc(C(C)C)no1)N1CCC(c2ccccc2)C(C)C1.I. The van der Waals surface area contributed by atoms with Crippen molar-refractivity contribution < 1.29 is 4.52 Å². The molecule has 1 aliphatic rings. The van der Waals surface area contributed by atoms with Crippen molar-refractivity contribution in [1.82, 2.24) is 15.4 Å². The van der Waals surface area contributed by atoms with Crippen LogP contribution in [0.15, 0.2) is 45.9 Å². The van der Waals surface area contributed by atoms with Gasteiger partial charge in [-0.1, -0.05) is 56.3 Å². The first-order chi connectivity index (χ1) is 12.6. The zero-order chi connectivity index (χ0) is 18.5. The molecule has 1 saturated heterocycles. The van der Waals surface area contributed by atoms with Gasteiger partial charge in [-0.05, 0) is 29.7 Å². The Morgan fingerprint density at radius 3 is 2.67 bits per heavy atom. The van der Waals surface area contributed by atoms with E-state index < -0.39 is 0 Å². The highest BCUT2D eigenvalue weighted by atomic mass is 127. The molecule has 27 heavy (non-hydrogen) atoms. The number of piperidine rings is 1. The molecule has 6 heteroatoms. The smallest absolute Gasteiger partial charge is 0.194 e. The topological polar surface area (TPSA) is 53.7 Å². The average molecular weight is 482 g/mol. The normalized spacial score (nSPS) is 20.5. The Bertz CT molecular complexity index is 729. The molecule has 2 unspecified atom stereocenters. The molecule has 5 nitrogen and oxygen atoms in total. The van der Waals surface area contributed by atoms with Gasteiger partial charge in [0.15, 0.2) is 11.7 Å². The zero-order valence-electron chi connectivity index (χ0n) is 16.7. The van der Waals surface area contributed by atoms with Gasteiger partial charge in [-0.3, -0.25) is 4.99 Å². The van der Waals surface area contributed by atoms with Gasteiger partial charge in [0.05, 0.1) is 12.2 Å². The van der Waals surface area contributed by atoms with E-state index in [2.05, 4.69) is 71.5 Å². The predicted molar refractivity (Wildman–Crippen MR) is 121 cm³/mol. The van der Waals surface area contributed by atoms with Crippen LogP contribution in [0.25, 0.3) is 0 Å². The lowest BCUT2D eigenvalue weighted by Gasteiger charge is -2.38. The van der Waals surface area contributed by atoms with Crippen LogP contribution in [0.1, 0.15) is 56.0 Å². The van der Waals surface area contributed by atoms with Crippen LogP contribution >= 0.6 is 24.0 Å². The third-order valence-corrected chi connectivity index (χ3v) is 5.23. The molecule has 1 N–H and O–H groups in total. The monoisotopic (exact) mass is 482 g/mol. The third kappa shape index (κ3) is 5.46. The van der Waals surface area contributed by atoms with Crippen LogP contribution in [0.4, 0.5) is 0 Å². The summed E-state index contributed by atoms with van der Waals surface area (Å²) < 4.78 is 5.42. The maximum Gasteiger partial charge on any atom is 0.194 e. The second-order valence-corrected chi connectivity index (χ2v) is 7.50. The van der Waals surface area contributed by atoms with Crippen LogP contribution in [0.5, 0.6) is 0 Å². The maximum atomic E-state index is 5.42. The number of likely N-dealkylation sites (tertiary alicyclic amines) is 1. The Labute approximate surface area is 179 Å². The van der Waals surface area contributed by atoms with Crippen molar-refractivity contribution in [2.45, 2.75) is 45.6 Å². The molecule has 0 saturated carbocycles. The van der Waals surface area contributed by atoms with E-state index in [1.165, 1.54) is 5.56 Å². The molecule has 2 aromatic rings. The Morgan fingerprint density at radius 2 is 2.07 bits per heavy atom.